The van der Waals surface area contributed by atoms with Crippen LogP contribution in [0.4, 0.5) is 0 Å². The highest BCUT2D eigenvalue weighted by Gasteiger charge is 2.43. The van der Waals surface area contributed by atoms with Crippen molar-refractivity contribution in [3.63, 3.8) is 0 Å². The molecule has 0 saturated heterocycles. The zero-order chi connectivity index (χ0) is 16.4. The highest BCUT2D eigenvalue weighted by atomic mass is 16.5. The van der Waals surface area contributed by atoms with Crippen LogP contribution in [0.1, 0.15) is 26.3 Å². The first-order valence-electron chi connectivity index (χ1n) is 7.22. The molecule has 1 aliphatic rings. The van der Waals surface area contributed by atoms with Gasteiger partial charge in [-0.05, 0) is 17.7 Å². The molecule has 0 bridgehead atoms. The normalized spacial score (nSPS) is 14.6. The minimum atomic E-state index is -0.977. The SMILES string of the molecule is COC(=O)C(Cc1ccccc1)N1C(=O)c2ccccc2C1=O. The fourth-order valence-corrected chi connectivity index (χ4v) is 2.74. The van der Waals surface area contributed by atoms with Crippen LogP contribution in [0.15, 0.2) is 54.6 Å². The van der Waals surface area contributed by atoms with E-state index < -0.39 is 23.8 Å². The van der Waals surface area contributed by atoms with E-state index in [9.17, 15) is 14.4 Å². The Hall–Kier alpha value is -2.95. The maximum Gasteiger partial charge on any atom is 0.329 e. The van der Waals surface area contributed by atoms with Gasteiger partial charge in [0.2, 0.25) is 0 Å². The Balaban J connectivity index is 1.97. The Kier molecular flexibility index (Phi) is 3.93. The minimum Gasteiger partial charge on any atom is -0.467 e. The molecule has 0 aliphatic carbocycles. The molecule has 5 heteroatoms. The second kappa shape index (κ2) is 6.04. The van der Waals surface area contributed by atoms with E-state index in [0.29, 0.717) is 11.1 Å². The van der Waals surface area contributed by atoms with Crippen LogP contribution in [0.2, 0.25) is 0 Å². The van der Waals surface area contributed by atoms with Crippen LogP contribution in [-0.2, 0) is 16.0 Å². The number of benzene rings is 2. The van der Waals surface area contributed by atoms with Gasteiger partial charge in [-0.25, -0.2) is 4.79 Å². The lowest BCUT2D eigenvalue weighted by Crippen LogP contribution is -2.46. The summed E-state index contributed by atoms with van der Waals surface area (Å²) in [6.07, 6.45) is 0.221. The van der Waals surface area contributed by atoms with Gasteiger partial charge in [0.05, 0.1) is 18.2 Å². The van der Waals surface area contributed by atoms with Crippen molar-refractivity contribution in [2.24, 2.45) is 0 Å². The van der Waals surface area contributed by atoms with E-state index in [0.717, 1.165) is 10.5 Å². The molecule has 0 radical (unpaired) electrons. The van der Waals surface area contributed by atoms with Gasteiger partial charge in [0.15, 0.2) is 0 Å². The number of nitrogens with zero attached hydrogens (tertiary/aromatic N) is 1. The van der Waals surface area contributed by atoms with Gasteiger partial charge in [0.1, 0.15) is 6.04 Å². The second-order valence-corrected chi connectivity index (χ2v) is 5.25. The molecule has 0 fully saturated rings. The van der Waals surface area contributed by atoms with Gasteiger partial charge in [-0.3, -0.25) is 14.5 Å². The van der Waals surface area contributed by atoms with E-state index in [1.54, 1.807) is 24.3 Å². The number of carbonyl (C=O) groups excluding carboxylic acids is 3. The summed E-state index contributed by atoms with van der Waals surface area (Å²) in [5.74, 6) is -1.53. The molecule has 2 aromatic rings. The van der Waals surface area contributed by atoms with Crippen LogP contribution in [-0.4, -0.2) is 35.8 Å². The average molecular weight is 309 g/mol. The minimum absolute atomic E-state index is 0.221. The van der Waals surface area contributed by atoms with Gasteiger partial charge >= 0.3 is 5.97 Å². The van der Waals surface area contributed by atoms with Crippen LogP contribution in [0.25, 0.3) is 0 Å². The van der Waals surface area contributed by atoms with Gasteiger partial charge < -0.3 is 4.74 Å². The van der Waals surface area contributed by atoms with Crippen molar-refractivity contribution in [3.05, 3.63) is 71.3 Å². The summed E-state index contributed by atoms with van der Waals surface area (Å²) in [7, 11) is 1.25. The third-order valence-electron chi connectivity index (χ3n) is 3.88. The fourth-order valence-electron chi connectivity index (χ4n) is 2.74. The molecule has 116 valence electrons. The summed E-state index contributed by atoms with van der Waals surface area (Å²) in [6, 6.07) is 14.8. The quantitative estimate of drug-likeness (QED) is 0.640. The molecule has 0 saturated carbocycles. The highest BCUT2D eigenvalue weighted by Crippen LogP contribution is 2.26. The predicted molar refractivity (Wildman–Crippen MR) is 82.9 cm³/mol. The number of carbonyl (C=O) groups is 3. The van der Waals surface area contributed by atoms with Crippen molar-refractivity contribution >= 4 is 17.8 Å². The molecular formula is C18H15NO4. The number of methoxy groups -OCH3 is 1. The van der Waals surface area contributed by atoms with E-state index >= 15 is 0 Å². The third-order valence-corrected chi connectivity index (χ3v) is 3.88. The Labute approximate surface area is 133 Å². The molecular weight excluding hydrogens is 294 g/mol. The first kappa shape index (κ1) is 15.0. The number of hydrogen-bond acceptors (Lipinski definition) is 4. The lowest BCUT2D eigenvalue weighted by Gasteiger charge is -2.24. The lowest BCUT2D eigenvalue weighted by atomic mass is 10.0. The molecule has 3 rings (SSSR count). The largest absolute Gasteiger partial charge is 0.467 e. The van der Waals surface area contributed by atoms with Crippen molar-refractivity contribution in [2.75, 3.05) is 7.11 Å². The van der Waals surface area contributed by atoms with Gasteiger partial charge in [-0.15, -0.1) is 0 Å². The highest BCUT2D eigenvalue weighted by molar-refractivity contribution is 6.22. The Morgan fingerprint density at radius 2 is 1.48 bits per heavy atom. The summed E-state index contributed by atoms with van der Waals surface area (Å²) in [6.45, 7) is 0. The maximum atomic E-state index is 12.6. The van der Waals surface area contributed by atoms with Gasteiger partial charge in [0.25, 0.3) is 11.8 Å². The summed E-state index contributed by atoms with van der Waals surface area (Å²) in [5, 5.41) is 0. The van der Waals surface area contributed by atoms with Gasteiger partial charge in [-0.1, -0.05) is 42.5 Å². The molecule has 2 amide bonds. The maximum absolute atomic E-state index is 12.6. The number of fused-ring (bicyclic) bond motifs is 1. The number of ether oxygens (including phenoxy) is 1. The molecule has 0 aromatic heterocycles. The fraction of sp³-hybridized carbons (Fsp3) is 0.167. The van der Waals surface area contributed by atoms with Crippen LogP contribution < -0.4 is 0 Å². The lowest BCUT2D eigenvalue weighted by molar-refractivity contribution is -0.145. The zero-order valence-corrected chi connectivity index (χ0v) is 12.6. The Morgan fingerprint density at radius 1 is 0.957 bits per heavy atom. The first-order valence-corrected chi connectivity index (χ1v) is 7.22. The van der Waals surface area contributed by atoms with Crippen molar-refractivity contribution in [1.29, 1.82) is 0 Å². The van der Waals surface area contributed by atoms with Crippen LogP contribution in [0.5, 0.6) is 0 Å². The first-order chi connectivity index (χ1) is 11.1. The summed E-state index contributed by atoms with van der Waals surface area (Å²) in [5.41, 5.74) is 1.48. The summed E-state index contributed by atoms with van der Waals surface area (Å²) < 4.78 is 4.81. The number of rotatable bonds is 4. The molecule has 1 unspecified atom stereocenters. The standard InChI is InChI=1S/C18H15NO4/c1-23-18(22)15(11-12-7-3-2-4-8-12)19-16(20)13-9-5-6-10-14(13)17(19)21/h2-10,15H,11H2,1H3. The molecule has 0 N–H and O–H groups in total. The predicted octanol–water partition coefficient (Wildman–Crippen LogP) is 2.07. The number of esters is 1. The second-order valence-electron chi connectivity index (χ2n) is 5.25. The van der Waals surface area contributed by atoms with Crippen LogP contribution in [0, 0.1) is 0 Å². The molecule has 1 aliphatic heterocycles. The van der Waals surface area contributed by atoms with Crippen molar-refractivity contribution in [2.45, 2.75) is 12.5 Å². The number of hydrogen-bond donors (Lipinski definition) is 0. The Morgan fingerprint density at radius 3 is 2.00 bits per heavy atom. The molecule has 1 heterocycles. The molecule has 1 atom stereocenters. The Bertz CT molecular complexity index is 735. The summed E-state index contributed by atoms with van der Waals surface area (Å²) in [4.78, 5) is 38.3. The summed E-state index contributed by atoms with van der Waals surface area (Å²) >= 11 is 0. The van der Waals surface area contributed by atoms with Gasteiger partial charge in [0, 0.05) is 6.42 Å². The van der Waals surface area contributed by atoms with E-state index in [4.69, 9.17) is 4.74 Å². The molecule has 23 heavy (non-hydrogen) atoms. The molecule has 0 spiro atoms. The number of amides is 2. The van der Waals surface area contributed by atoms with E-state index in [1.165, 1.54) is 7.11 Å². The molecule has 2 aromatic carbocycles. The van der Waals surface area contributed by atoms with Crippen molar-refractivity contribution in [3.8, 4) is 0 Å². The van der Waals surface area contributed by atoms with E-state index in [2.05, 4.69) is 0 Å². The van der Waals surface area contributed by atoms with Gasteiger partial charge in [-0.2, -0.15) is 0 Å². The molecule has 5 nitrogen and oxygen atoms in total. The third kappa shape index (κ3) is 2.61. The van der Waals surface area contributed by atoms with Crippen molar-refractivity contribution in [1.82, 2.24) is 4.90 Å². The smallest absolute Gasteiger partial charge is 0.329 e. The zero-order valence-electron chi connectivity index (χ0n) is 12.6. The average Bonchev–Trinajstić information content (AvgIpc) is 2.85. The monoisotopic (exact) mass is 309 g/mol. The van der Waals surface area contributed by atoms with E-state index in [-0.39, 0.29) is 6.42 Å². The van der Waals surface area contributed by atoms with Crippen LogP contribution in [0.3, 0.4) is 0 Å². The number of imide groups is 1. The topological polar surface area (TPSA) is 63.7 Å². The van der Waals surface area contributed by atoms with E-state index in [1.807, 2.05) is 30.3 Å². The van der Waals surface area contributed by atoms with Crippen LogP contribution >= 0.6 is 0 Å². The van der Waals surface area contributed by atoms with Crippen molar-refractivity contribution < 1.29 is 19.1 Å².